The lowest BCUT2D eigenvalue weighted by atomic mass is 9.96. The maximum absolute atomic E-state index is 13.6. The highest BCUT2D eigenvalue weighted by Gasteiger charge is 2.18. The lowest BCUT2D eigenvalue weighted by Gasteiger charge is -2.11. The fourth-order valence-electron chi connectivity index (χ4n) is 4.67. The Morgan fingerprint density at radius 1 is 0.842 bits per heavy atom. The first-order chi connectivity index (χ1) is 18.5. The monoisotopic (exact) mass is 534 g/mol. The van der Waals surface area contributed by atoms with Crippen molar-refractivity contribution in [2.24, 2.45) is 0 Å². The molecule has 0 saturated carbocycles. The van der Waals surface area contributed by atoms with E-state index in [4.69, 9.17) is 5.11 Å². The number of hydrogen-bond acceptors (Lipinski definition) is 5. The van der Waals surface area contributed by atoms with Gasteiger partial charge >= 0.3 is 5.97 Å². The van der Waals surface area contributed by atoms with Crippen LogP contribution in [0.4, 0.5) is 0 Å². The lowest BCUT2D eigenvalue weighted by molar-refractivity contribution is 0.0696. The van der Waals surface area contributed by atoms with Gasteiger partial charge in [-0.2, -0.15) is 0 Å². The molecule has 4 aromatic carbocycles. The Labute approximate surface area is 227 Å². The zero-order valence-corrected chi connectivity index (χ0v) is 21.8. The number of amides is 1. The Morgan fingerprint density at radius 2 is 1.63 bits per heavy atom. The third-order valence-electron chi connectivity index (χ3n) is 6.62. The first-order valence-corrected chi connectivity index (χ1v) is 13.8. The fraction of sp³-hybridized carbons (Fsp3) is 0.0645. The molecule has 38 heavy (non-hydrogen) atoms. The Bertz CT molecular complexity index is 1790. The van der Waals surface area contributed by atoms with Crippen molar-refractivity contribution in [3.8, 4) is 11.1 Å². The number of hydrogen-bond donors (Lipinski definition) is 2. The van der Waals surface area contributed by atoms with E-state index < -0.39 is 5.97 Å². The van der Waals surface area contributed by atoms with Crippen molar-refractivity contribution < 1.29 is 14.7 Å². The SMILES string of the molecule is O=C(O)c1ccc(CNC(=O)c2cc(-c3cnsc3)cc3scc(Cc4ccc5ccccc5c4)c23)cc1. The van der Waals surface area contributed by atoms with E-state index in [1.54, 1.807) is 35.6 Å². The van der Waals surface area contributed by atoms with Gasteiger partial charge in [-0.05, 0) is 80.6 Å². The molecule has 7 heteroatoms. The highest BCUT2D eigenvalue weighted by atomic mass is 32.1. The van der Waals surface area contributed by atoms with Gasteiger partial charge in [0.05, 0.1) is 5.56 Å². The summed E-state index contributed by atoms with van der Waals surface area (Å²) in [5.41, 5.74) is 5.93. The van der Waals surface area contributed by atoms with Gasteiger partial charge in [-0.25, -0.2) is 9.17 Å². The minimum Gasteiger partial charge on any atom is -0.478 e. The fourth-order valence-corrected chi connectivity index (χ4v) is 6.24. The summed E-state index contributed by atoms with van der Waals surface area (Å²) in [6.45, 7) is 0.300. The molecule has 2 aromatic heterocycles. The maximum atomic E-state index is 13.6. The molecule has 5 nitrogen and oxygen atoms in total. The predicted molar refractivity (Wildman–Crippen MR) is 154 cm³/mol. The average Bonchev–Trinajstić information content (AvgIpc) is 3.62. The largest absolute Gasteiger partial charge is 0.478 e. The normalized spacial score (nSPS) is 11.2. The second-order valence-corrected chi connectivity index (χ2v) is 10.7. The molecule has 0 radical (unpaired) electrons. The Hall–Kier alpha value is -4.33. The van der Waals surface area contributed by atoms with Crippen molar-refractivity contribution in [3.05, 3.63) is 124 Å². The highest BCUT2D eigenvalue weighted by Crippen LogP contribution is 2.36. The van der Waals surface area contributed by atoms with Gasteiger partial charge in [-0.15, -0.1) is 11.3 Å². The molecular weight excluding hydrogens is 512 g/mol. The number of rotatable bonds is 7. The summed E-state index contributed by atoms with van der Waals surface area (Å²) in [5, 5.41) is 19.7. The molecule has 6 rings (SSSR count). The minimum atomic E-state index is -0.973. The first-order valence-electron chi connectivity index (χ1n) is 12.1. The Balaban J connectivity index is 1.35. The molecule has 2 N–H and O–H groups in total. The van der Waals surface area contributed by atoms with Gasteiger partial charge < -0.3 is 10.4 Å². The van der Waals surface area contributed by atoms with E-state index in [0.717, 1.165) is 38.8 Å². The molecular formula is C31H22N2O3S2. The zero-order chi connectivity index (χ0) is 26.1. The molecule has 186 valence electrons. The highest BCUT2D eigenvalue weighted by molar-refractivity contribution is 7.17. The molecule has 0 saturated heterocycles. The molecule has 0 fully saturated rings. The second kappa shape index (κ2) is 10.2. The average molecular weight is 535 g/mol. The molecule has 0 aliphatic carbocycles. The number of carboxylic acids is 1. The van der Waals surface area contributed by atoms with Crippen LogP contribution in [0.15, 0.2) is 95.8 Å². The molecule has 0 aliphatic rings. The summed E-state index contributed by atoms with van der Waals surface area (Å²) < 4.78 is 5.29. The standard InChI is InChI=1S/C31H22N2O3S2/c34-30(32-15-19-5-9-22(10-6-19)31(35)36)27-13-24(26-16-33-38-18-26)14-28-29(27)25(17-37-28)12-20-7-8-21-3-1-2-4-23(21)11-20/h1-11,13-14,16-18H,12,15H2,(H,32,34)(H,35,36). The molecule has 6 aromatic rings. The van der Waals surface area contributed by atoms with Crippen molar-refractivity contribution in [2.75, 3.05) is 0 Å². The topological polar surface area (TPSA) is 79.3 Å². The van der Waals surface area contributed by atoms with Crippen molar-refractivity contribution in [3.63, 3.8) is 0 Å². The van der Waals surface area contributed by atoms with E-state index in [1.807, 2.05) is 29.8 Å². The number of carbonyl (C=O) groups is 2. The number of benzene rings is 4. The smallest absolute Gasteiger partial charge is 0.335 e. The van der Waals surface area contributed by atoms with Gasteiger partial charge in [-0.1, -0.05) is 54.6 Å². The van der Waals surface area contributed by atoms with Crippen LogP contribution in [-0.2, 0) is 13.0 Å². The van der Waals surface area contributed by atoms with E-state index >= 15 is 0 Å². The molecule has 0 aliphatic heterocycles. The summed E-state index contributed by atoms with van der Waals surface area (Å²) in [5.74, 6) is -1.14. The molecule has 2 heterocycles. The number of carbonyl (C=O) groups excluding carboxylic acids is 1. The lowest BCUT2D eigenvalue weighted by Crippen LogP contribution is -2.23. The Kier molecular flexibility index (Phi) is 6.45. The number of nitrogens with zero attached hydrogens (tertiary/aromatic N) is 1. The summed E-state index contributed by atoms with van der Waals surface area (Å²) in [4.78, 5) is 24.7. The van der Waals surface area contributed by atoms with Gasteiger partial charge in [0.15, 0.2) is 0 Å². The minimum absolute atomic E-state index is 0.166. The molecule has 0 spiro atoms. The third-order valence-corrected chi connectivity index (χ3v) is 8.19. The van der Waals surface area contributed by atoms with Crippen LogP contribution in [0, 0.1) is 0 Å². The number of carboxylic acid groups (broad SMARTS) is 1. The van der Waals surface area contributed by atoms with E-state index in [0.29, 0.717) is 12.1 Å². The van der Waals surface area contributed by atoms with Crippen LogP contribution >= 0.6 is 22.9 Å². The number of aromatic carboxylic acids is 1. The Morgan fingerprint density at radius 3 is 2.39 bits per heavy atom. The molecule has 0 atom stereocenters. The number of nitrogens with one attached hydrogen (secondary N) is 1. The number of aromatic nitrogens is 1. The van der Waals surface area contributed by atoms with Crippen LogP contribution in [0.5, 0.6) is 0 Å². The first kappa shape index (κ1) is 24.0. The van der Waals surface area contributed by atoms with Crippen molar-refractivity contribution in [1.29, 1.82) is 0 Å². The maximum Gasteiger partial charge on any atom is 0.335 e. The van der Waals surface area contributed by atoms with Crippen LogP contribution in [0.25, 0.3) is 32.0 Å². The van der Waals surface area contributed by atoms with E-state index in [2.05, 4.69) is 51.5 Å². The van der Waals surface area contributed by atoms with Gasteiger partial charge in [0.2, 0.25) is 0 Å². The van der Waals surface area contributed by atoms with Crippen LogP contribution in [0.3, 0.4) is 0 Å². The van der Waals surface area contributed by atoms with Gasteiger partial charge in [0.25, 0.3) is 5.91 Å². The summed E-state index contributed by atoms with van der Waals surface area (Å²) in [6, 6.07) is 25.5. The van der Waals surface area contributed by atoms with E-state index in [9.17, 15) is 9.59 Å². The molecule has 0 bridgehead atoms. The number of fused-ring (bicyclic) bond motifs is 2. The third kappa shape index (κ3) is 4.81. The van der Waals surface area contributed by atoms with Gasteiger partial charge in [-0.3, -0.25) is 4.79 Å². The number of thiophene rings is 1. The quantitative estimate of drug-likeness (QED) is 0.224. The van der Waals surface area contributed by atoms with Crippen molar-refractivity contribution in [2.45, 2.75) is 13.0 Å². The van der Waals surface area contributed by atoms with Gasteiger partial charge in [0.1, 0.15) is 0 Å². The van der Waals surface area contributed by atoms with Crippen molar-refractivity contribution >= 4 is 55.6 Å². The molecule has 0 unspecified atom stereocenters. The van der Waals surface area contributed by atoms with E-state index in [-0.39, 0.29) is 11.5 Å². The zero-order valence-electron chi connectivity index (χ0n) is 20.2. The summed E-state index contributed by atoms with van der Waals surface area (Å²) >= 11 is 3.03. The van der Waals surface area contributed by atoms with Crippen LogP contribution in [-0.4, -0.2) is 21.4 Å². The van der Waals surface area contributed by atoms with Crippen molar-refractivity contribution in [1.82, 2.24) is 9.69 Å². The van der Waals surface area contributed by atoms with Gasteiger partial charge in [0, 0.05) is 39.3 Å². The van der Waals surface area contributed by atoms with Crippen LogP contribution in [0.1, 0.15) is 37.4 Å². The van der Waals surface area contributed by atoms with Crippen LogP contribution in [0.2, 0.25) is 0 Å². The van der Waals surface area contributed by atoms with E-state index in [1.165, 1.54) is 27.9 Å². The second-order valence-electron chi connectivity index (χ2n) is 9.11. The predicted octanol–water partition coefficient (Wildman–Crippen LogP) is 7.40. The summed E-state index contributed by atoms with van der Waals surface area (Å²) in [6.07, 6.45) is 2.54. The van der Waals surface area contributed by atoms with Crippen LogP contribution < -0.4 is 5.32 Å². The molecule has 1 amide bonds. The summed E-state index contributed by atoms with van der Waals surface area (Å²) in [7, 11) is 0.